The number of fused-ring (bicyclic) bond motifs is 1. The van der Waals surface area contributed by atoms with Gasteiger partial charge in [0.05, 0.1) is 11.4 Å². The Labute approximate surface area is 130 Å². The molecular weight excluding hydrogens is 302 g/mol. The summed E-state index contributed by atoms with van der Waals surface area (Å²) >= 11 is 0. The van der Waals surface area contributed by atoms with Crippen LogP contribution in [0.2, 0.25) is 0 Å². The highest BCUT2D eigenvalue weighted by molar-refractivity contribution is 7.94. The molecule has 0 unspecified atom stereocenters. The molecule has 0 bridgehead atoms. The van der Waals surface area contributed by atoms with Crippen LogP contribution < -0.4 is 0 Å². The molecule has 0 radical (unpaired) electrons. The number of sulfone groups is 1. The Kier molecular flexibility index (Phi) is 4.08. The fraction of sp³-hybridized carbons (Fsp3) is 0.600. The van der Waals surface area contributed by atoms with Crippen molar-refractivity contribution in [1.29, 1.82) is 0 Å². The fourth-order valence-electron chi connectivity index (χ4n) is 3.13. The molecular formula is C15H21N3O3S. The average Bonchev–Trinajstić information content (AvgIpc) is 3.02. The first-order valence-electron chi connectivity index (χ1n) is 7.72. The monoisotopic (exact) mass is 323 g/mol. The third-order valence-electron chi connectivity index (χ3n) is 4.30. The highest BCUT2D eigenvalue weighted by Crippen LogP contribution is 2.24. The van der Waals surface area contributed by atoms with Gasteiger partial charge in [0.25, 0.3) is 0 Å². The van der Waals surface area contributed by atoms with Gasteiger partial charge >= 0.3 is 0 Å². The molecule has 0 spiro atoms. The minimum atomic E-state index is -3.09. The Morgan fingerprint density at radius 2 is 2.32 bits per heavy atom. The van der Waals surface area contributed by atoms with Gasteiger partial charge in [0, 0.05) is 48.5 Å². The molecule has 1 atom stereocenters. The van der Waals surface area contributed by atoms with Gasteiger partial charge in [-0.3, -0.25) is 9.89 Å². The van der Waals surface area contributed by atoms with Crippen molar-refractivity contribution < 1.29 is 13.2 Å². The van der Waals surface area contributed by atoms with Gasteiger partial charge in [0.2, 0.25) is 5.91 Å². The Balaban J connectivity index is 1.65. The number of H-pyrrole nitrogens is 1. The molecule has 0 fully saturated rings. The fourth-order valence-corrected chi connectivity index (χ4v) is 4.53. The van der Waals surface area contributed by atoms with E-state index in [1.165, 1.54) is 5.41 Å². The normalized spacial score (nSPS) is 22.8. The van der Waals surface area contributed by atoms with Crippen LogP contribution in [0.3, 0.4) is 0 Å². The molecule has 1 aromatic rings. The summed E-state index contributed by atoms with van der Waals surface area (Å²) in [7, 11) is -3.09. The van der Waals surface area contributed by atoms with Gasteiger partial charge in [0.15, 0.2) is 9.84 Å². The number of aryl methyl sites for hydroxylation is 1. The number of hydrogen-bond acceptors (Lipinski definition) is 4. The van der Waals surface area contributed by atoms with E-state index in [0.29, 0.717) is 13.1 Å². The van der Waals surface area contributed by atoms with Crippen LogP contribution in [0.15, 0.2) is 11.5 Å². The smallest absolute Gasteiger partial charge is 0.223 e. The largest absolute Gasteiger partial charge is 0.338 e. The molecule has 7 heteroatoms. The summed E-state index contributed by atoms with van der Waals surface area (Å²) in [6.07, 6.45) is 4.64. The van der Waals surface area contributed by atoms with Crippen LogP contribution in [0.4, 0.5) is 0 Å². The summed E-state index contributed by atoms with van der Waals surface area (Å²) in [5, 5.41) is 8.66. The Morgan fingerprint density at radius 3 is 3.00 bits per heavy atom. The summed E-state index contributed by atoms with van der Waals surface area (Å²) in [5.74, 6) is -0.0932. The molecule has 1 N–H and O–H groups in total. The van der Waals surface area contributed by atoms with Gasteiger partial charge in [-0.2, -0.15) is 5.10 Å². The quantitative estimate of drug-likeness (QED) is 0.902. The first-order valence-corrected chi connectivity index (χ1v) is 9.44. The lowest BCUT2D eigenvalue weighted by molar-refractivity contribution is -0.132. The van der Waals surface area contributed by atoms with Gasteiger partial charge in [-0.05, 0) is 6.42 Å². The highest BCUT2D eigenvalue weighted by Gasteiger charge is 2.29. The average molecular weight is 323 g/mol. The van der Waals surface area contributed by atoms with Crippen molar-refractivity contribution in [3.05, 3.63) is 28.4 Å². The van der Waals surface area contributed by atoms with Gasteiger partial charge < -0.3 is 4.90 Å². The number of allylic oxidation sites excluding steroid dienone is 1. The Morgan fingerprint density at radius 1 is 1.50 bits per heavy atom. The molecule has 2 aliphatic rings. The van der Waals surface area contributed by atoms with E-state index in [9.17, 15) is 13.2 Å². The van der Waals surface area contributed by atoms with Crippen LogP contribution in [0.5, 0.6) is 0 Å². The van der Waals surface area contributed by atoms with Gasteiger partial charge in [-0.1, -0.05) is 19.4 Å². The van der Waals surface area contributed by atoms with Gasteiger partial charge in [0.1, 0.15) is 0 Å². The molecule has 1 aromatic heterocycles. The number of amides is 1. The summed E-state index contributed by atoms with van der Waals surface area (Å²) < 4.78 is 22.8. The molecule has 3 heterocycles. The third kappa shape index (κ3) is 3.09. The molecule has 0 aliphatic carbocycles. The van der Waals surface area contributed by atoms with Crippen LogP contribution in [0.1, 0.15) is 36.7 Å². The molecule has 1 amide bonds. The van der Waals surface area contributed by atoms with Crippen molar-refractivity contribution in [2.24, 2.45) is 5.92 Å². The van der Waals surface area contributed by atoms with Crippen LogP contribution >= 0.6 is 0 Å². The zero-order valence-electron chi connectivity index (χ0n) is 12.7. The lowest BCUT2D eigenvalue weighted by Crippen LogP contribution is -2.37. The molecule has 22 heavy (non-hydrogen) atoms. The zero-order valence-corrected chi connectivity index (χ0v) is 13.5. The zero-order chi connectivity index (χ0) is 15.7. The maximum absolute atomic E-state index is 12.4. The predicted molar refractivity (Wildman–Crippen MR) is 82.7 cm³/mol. The van der Waals surface area contributed by atoms with Crippen LogP contribution in [-0.4, -0.2) is 41.7 Å². The van der Waals surface area contributed by atoms with Crippen molar-refractivity contribution in [3.8, 4) is 0 Å². The van der Waals surface area contributed by atoms with Gasteiger partial charge in [-0.25, -0.2) is 8.42 Å². The minimum Gasteiger partial charge on any atom is -0.338 e. The topological polar surface area (TPSA) is 83.1 Å². The Bertz CT molecular complexity index is 706. The third-order valence-corrected chi connectivity index (χ3v) is 5.76. The van der Waals surface area contributed by atoms with E-state index >= 15 is 0 Å². The molecule has 6 nitrogen and oxygen atoms in total. The van der Waals surface area contributed by atoms with Crippen molar-refractivity contribution in [1.82, 2.24) is 15.1 Å². The van der Waals surface area contributed by atoms with Crippen LogP contribution in [-0.2, 0) is 34.0 Å². The maximum atomic E-state index is 12.4. The minimum absolute atomic E-state index is 0.0287. The number of aromatic amines is 1. The van der Waals surface area contributed by atoms with Crippen molar-refractivity contribution in [2.45, 2.75) is 39.2 Å². The van der Waals surface area contributed by atoms with E-state index in [0.717, 1.165) is 36.2 Å². The Hall–Kier alpha value is -1.63. The van der Waals surface area contributed by atoms with E-state index in [4.69, 9.17) is 0 Å². The molecule has 120 valence electrons. The number of nitrogens with one attached hydrogen (secondary N) is 1. The van der Waals surface area contributed by atoms with Crippen molar-refractivity contribution >= 4 is 15.7 Å². The molecule has 0 saturated carbocycles. The van der Waals surface area contributed by atoms with Crippen molar-refractivity contribution in [3.63, 3.8) is 0 Å². The highest BCUT2D eigenvalue weighted by atomic mass is 32.2. The first-order chi connectivity index (χ1) is 10.5. The second kappa shape index (κ2) is 5.87. The summed E-state index contributed by atoms with van der Waals surface area (Å²) in [5.41, 5.74) is 3.34. The van der Waals surface area contributed by atoms with Crippen LogP contribution in [0, 0.1) is 5.92 Å². The number of rotatable bonds is 4. The van der Waals surface area contributed by atoms with Crippen LogP contribution in [0.25, 0.3) is 0 Å². The number of hydrogen-bond donors (Lipinski definition) is 1. The molecule has 2 aliphatic heterocycles. The number of nitrogens with zero attached hydrogens (tertiary/aromatic N) is 2. The number of carbonyl (C=O) groups is 1. The van der Waals surface area contributed by atoms with E-state index in [2.05, 4.69) is 17.1 Å². The second-order valence-corrected chi connectivity index (χ2v) is 8.00. The lowest BCUT2D eigenvalue weighted by Gasteiger charge is -2.28. The second-order valence-electron chi connectivity index (χ2n) is 6.06. The van der Waals surface area contributed by atoms with E-state index in [-0.39, 0.29) is 24.0 Å². The molecule has 3 rings (SSSR count). The van der Waals surface area contributed by atoms with E-state index < -0.39 is 9.84 Å². The molecule has 0 aromatic carbocycles. The van der Waals surface area contributed by atoms with Gasteiger partial charge in [-0.15, -0.1) is 0 Å². The number of carbonyl (C=O) groups excluding carboxylic acids is 1. The summed E-state index contributed by atoms with van der Waals surface area (Å²) in [6.45, 7) is 3.37. The summed E-state index contributed by atoms with van der Waals surface area (Å²) in [4.78, 5) is 14.3. The predicted octanol–water partition coefficient (Wildman–Crippen LogP) is 1.20. The first kappa shape index (κ1) is 15.3. The van der Waals surface area contributed by atoms with E-state index in [1.807, 2.05) is 4.90 Å². The van der Waals surface area contributed by atoms with E-state index in [1.54, 1.807) is 6.08 Å². The standard InChI is InChI=1S/C15H21N3O3S/c1-2-3-13-12-9-18(6-4-14(12)17-16-13)15(19)8-11-5-7-22(20,21)10-11/h5,7,11H,2-4,6,8-10H2,1H3,(H,16,17)/t11-/m0/s1. The lowest BCUT2D eigenvalue weighted by atomic mass is 10.0. The number of aromatic nitrogens is 2. The summed E-state index contributed by atoms with van der Waals surface area (Å²) in [6, 6.07) is 0. The molecule has 0 saturated heterocycles. The van der Waals surface area contributed by atoms with Crippen molar-refractivity contribution in [2.75, 3.05) is 12.3 Å². The maximum Gasteiger partial charge on any atom is 0.223 e. The SMILES string of the molecule is CCCc1n[nH]c2c1CN(C(=O)C[C@@H]1C=CS(=O)(=O)C1)CC2.